The zero-order valence-corrected chi connectivity index (χ0v) is 24.7. The third-order valence-corrected chi connectivity index (χ3v) is 9.74. The van der Waals surface area contributed by atoms with Crippen molar-refractivity contribution in [3.63, 3.8) is 0 Å². The van der Waals surface area contributed by atoms with Crippen molar-refractivity contribution in [1.29, 1.82) is 0 Å². The van der Waals surface area contributed by atoms with Gasteiger partial charge >= 0.3 is 0 Å². The highest BCUT2D eigenvalue weighted by Crippen LogP contribution is 2.64. The quantitative estimate of drug-likeness (QED) is 0.206. The van der Waals surface area contributed by atoms with Gasteiger partial charge in [-0.15, -0.1) is 0 Å². The van der Waals surface area contributed by atoms with Crippen LogP contribution in [-0.2, 0) is 10.3 Å². The molecule has 3 aliphatic rings. The van der Waals surface area contributed by atoms with Gasteiger partial charge in [-0.05, 0) is 57.5 Å². The average Bonchev–Trinajstić information content (AvgIpc) is 3.67. The van der Waals surface area contributed by atoms with Crippen molar-refractivity contribution in [2.75, 3.05) is 13.7 Å². The molecule has 2 fully saturated rings. The number of rotatable bonds is 6. The SMILES string of the molecule is COc1ccc([C@@H]2[C@@H](c3ccccc3)C(=O)[C@@]3(c4ccccc4)C(c4ccccc4)=C(c4ccccc4)[C@H]4CCN2N43)cc1. The molecule has 0 aliphatic carbocycles. The predicted molar refractivity (Wildman–Crippen MR) is 175 cm³/mol. The lowest BCUT2D eigenvalue weighted by molar-refractivity contribution is -0.165. The van der Waals surface area contributed by atoms with Crippen LogP contribution in [0.15, 0.2) is 146 Å². The van der Waals surface area contributed by atoms with E-state index in [0.717, 1.165) is 46.5 Å². The van der Waals surface area contributed by atoms with Crippen LogP contribution in [-0.4, -0.2) is 35.5 Å². The summed E-state index contributed by atoms with van der Waals surface area (Å²) >= 11 is 0. The first-order chi connectivity index (χ1) is 21.7. The van der Waals surface area contributed by atoms with Crippen LogP contribution >= 0.6 is 0 Å². The fraction of sp³-hybridized carbons (Fsp3) is 0.175. The summed E-state index contributed by atoms with van der Waals surface area (Å²) in [6, 6.07) is 50.4. The molecule has 5 aromatic carbocycles. The summed E-state index contributed by atoms with van der Waals surface area (Å²) in [6.45, 7) is 0.852. The molecule has 0 radical (unpaired) electrons. The van der Waals surface area contributed by atoms with E-state index in [2.05, 4.69) is 131 Å². The van der Waals surface area contributed by atoms with Crippen molar-refractivity contribution in [3.8, 4) is 5.75 Å². The molecular formula is C40H34N2O2. The molecule has 0 spiro atoms. The summed E-state index contributed by atoms with van der Waals surface area (Å²) in [6.07, 6.45) is 0.927. The van der Waals surface area contributed by atoms with E-state index in [1.807, 2.05) is 24.3 Å². The Hall–Kier alpha value is -4.77. The molecule has 4 heteroatoms. The maximum atomic E-state index is 16.0. The largest absolute Gasteiger partial charge is 0.497 e. The normalized spacial score (nSPS) is 24.8. The van der Waals surface area contributed by atoms with Gasteiger partial charge in [0.05, 0.1) is 25.1 Å². The fourth-order valence-electron chi connectivity index (χ4n) is 8.06. The van der Waals surface area contributed by atoms with E-state index >= 15 is 4.79 Å². The molecule has 8 rings (SSSR count). The number of hydrogen-bond acceptors (Lipinski definition) is 4. The molecule has 44 heavy (non-hydrogen) atoms. The molecule has 2 saturated heterocycles. The molecule has 3 heterocycles. The first-order valence-corrected chi connectivity index (χ1v) is 15.4. The molecule has 4 atom stereocenters. The number of carbonyl (C=O) groups is 1. The Kier molecular flexibility index (Phi) is 6.55. The van der Waals surface area contributed by atoms with Crippen molar-refractivity contribution in [3.05, 3.63) is 173 Å². The number of nitrogens with zero attached hydrogens (tertiary/aromatic N) is 2. The molecule has 3 aliphatic heterocycles. The maximum Gasteiger partial charge on any atom is 0.172 e. The van der Waals surface area contributed by atoms with Crippen molar-refractivity contribution >= 4 is 16.9 Å². The summed E-state index contributed by atoms with van der Waals surface area (Å²) in [4.78, 5) is 16.0. The van der Waals surface area contributed by atoms with Crippen LogP contribution in [0.5, 0.6) is 5.75 Å². The van der Waals surface area contributed by atoms with Crippen molar-refractivity contribution < 1.29 is 9.53 Å². The summed E-state index contributed by atoms with van der Waals surface area (Å²) in [5.74, 6) is 0.628. The second-order valence-electron chi connectivity index (χ2n) is 11.9. The average molecular weight is 575 g/mol. The Balaban J connectivity index is 1.46. The Morgan fingerprint density at radius 1 is 0.659 bits per heavy atom. The lowest BCUT2D eigenvalue weighted by Crippen LogP contribution is -2.64. The smallest absolute Gasteiger partial charge is 0.172 e. The number of ether oxygens (including phenoxy) is 1. The topological polar surface area (TPSA) is 32.8 Å². The predicted octanol–water partition coefficient (Wildman–Crippen LogP) is 7.91. The van der Waals surface area contributed by atoms with E-state index in [4.69, 9.17) is 4.74 Å². The standard InChI is InChI=1S/C40H34N2O2/c1-44-33-24-22-31(23-25-33)38-36(29-16-8-3-9-17-29)39(43)40(32-20-12-5-13-21-32)37(30-18-10-4-11-19-30)35(28-14-6-2-7-15-28)34-26-27-41(38)42(34)40/h2-25,34,36,38H,26-27H2,1H3/t34-,36-,38-,40-/m1/s1. The van der Waals surface area contributed by atoms with Gasteiger partial charge in [0.1, 0.15) is 11.3 Å². The minimum atomic E-state index is -1.00. The highest BCUT2D eigenvalue weighted by Gasteiger charge is 2.68. The second kappa shape index (κ2) is 10.7. The maximum absolute atomic E-state index is 16.0. The molecule has 0 unspecified atom stereocenters. The first-order valence-electron chi connectivity index (χ1n) is 15.4. The number of carbonyl (C=O) groups excluding carboxylic acids is 1. The van der Waals surface area contributed by atoms with Gasteiger partial charge < -0.3 is 4.74 Å². The minimum Gasteiger partial charge on any atom is -0.497 e. The molecule has 0 amide bonds. The van der Waals surface area contributed by atoms with Crippen LogP contribution in [0.3, 0.4) is 0 Å². The van der Waals surface area contributed by atoms with Gasteiger partial charge in [0.2, 0.25) is 0 Å². The number of ketones is 1. The molecule has 0 aromatic heterocycles. The number of hydrazine groups is 1. The zero-order valence-electron chi connectivity index (χ0n) is 24.7. The van der Waals surface area contributed by atoms with Gasteiger partial charge in [-0.1, -0.05) is 133 Å². The van der Waals surface area contributed by atoms with Gasteiger partial charge in [-0.3, -0.25) is 4.79 Å². The van der Waals surface area contributed by atoms with Crippen molar-refractivity contribution in [2.24, 2.45) is 0 Å². The van der Waals surface area contributed by atoms with Crippen LogP contribution in [0.25, 0.3) is 11.1 Å². The monoisotopic (exact) mass is 574 g/mol. The van der Waals surface area contributed by atoms with Crippen LogP contribution in [0.2, 0.25) is 0 Å². The third-order valence-electron chi connectivity index (χ3n) is 9.74. The molecule has 216 valence electrons. The van der Waals surface area contributed by atoms with Crippen LogP contribution in [0, 0.1) is 0 Å². The van der Waals surface area contributed by atoms with Crippen molar-refractivity contribution in [1.82, 2.24) is 10.0 Å². The fourth-order valence-corrected chi connectivity index (χ4v) is 8.06. The molecule has 5 aromatic rings. The van der Waals surface area contributed by atoms with Crippen molar-refractivity contribution in [2.45, 2.75) is 30.0 Å². The number of methoxy groups -OCH3 is 1. The van der Waals surface area contributed by atoms with Crippen LogP contribution in [0.4, 0.5) is 0 Å². The van der Waals surface area contributed by atoms with E-state index < -0.39 is 11.5 Å². The molecular weight excluding hydrogens is 540 g/mol. The summed E-state index contributed by atoms with van der Waals surface area (Å²) < 4.78 is 5.52. The van der Waals surface area contributed by atoms with Gasteiger partial charge in [-0.25, -0.2) is 10.0 Å². The molecule has 4 nitrogen and oxygen atoms in total. The summed E-state index contributed by atoms with van der Waals surface area (Å²) in [7, 11) is 1.69. The summed E-state index contributed by atoms with van der Waals surface area (Å²) in [5.41, 5.74) is 6.78. The molecule has 0 bridgehead atoms. The Morgan fingerprint density at radius 3 is 1.84 bits per heavy atom. The highest BCUT2D eigenvalue weighted by atomic mass is 16.5. The Bertz CT molecular complexity index is 1820. The molecule has 0 saturated carbocycles. The number of hydrogen-bond donors (Lipinski definition) is 0. The van der Waals surface area contributed by atoms with Gasteiger partial charge in [0, 0.05) is 6.54 Å². The third kappa shape index (κ3) is 3.88. The molecule has 0 N–H and O–H groups in total. The lowest BCUT2D eigenvalue weighted by Gasteiger charge is -2.54. The highest BCUT2D eigenvalue weighted by molar-refractivity contribution is 6.15. The summed E-state index contributed by atoms with van der Waals surface area (Å²) in [5, 5.41) is 5.00. The van der Waals surface area contributed by atoms with E-state index in [0.29, 0.717) is 0 Å². The van der Waals surface area contributed by atoms with E-state index in [9.17, 15) is 0 Å². The van der Waals surface area contributed by atoms with E-state index in [1.165, 1.54) is 11.1 Å². The Morgan fingerprint density at radius 2 is 1.23 bits per heavy atom. The van der Waals surface area contributed by atoms with Crippen LogP contribution in [0.1, 0.15) is 46.2 Å². The number of Topliss-reactive ketones (excluding diaryl/α,β-unsaturated/α-hetero) is 1. The van der Waals surface area contributed by atoms with Gasteiger partial charge in [0.15, 0.2) is 5.78 Å². The van der Waals surface area contributed by atoms with Crippen LogP contribution < -0.4 is 4.74 Å². The second-order valence-corrected chi connectivity index (χ2v) is 11.9. The number of benzene rings is 5. The lowest BCUT2D eigenvalue weighted by atomic mass is 9.67. The van der Waals surface area contributed by atoms with E-state index in [-0.39, 0.29) is 17.9 Å². The minimum absolute atomic E-state index is 0.0502. The Labute approximate surface area is 258 Å². The first kappa shape index (κ1) is 26.8. The van der Waals surface area contributed by atoms with E-state index in [1.54, 1.807) is 7.11 Å². The zero-order chi connectivity index (χ0) is 29.7. The van der Waals surface area contributed by atoms with Gasteiger partial charge in [0.25, 0.3) is 0 Å². The van der Waals surface area contributed by atoms with Gasteiger partial charge in [-0.2, -0.15) is 0 Å².